The molecule has 0 spiro atoms. The standard InChI is InChI=1S/C22H30N4O4/c1-5-29-18-8-6-7-9-19(18)30-16-13-21(27)26(14-16)17(12-15(2)3)22(28)25-20(23)10-11-24-4/h6-11,13,15,17,24H,5,12,14H2,1-4H3,(H2,23,25,28)/p+1. The van der Waals surface area contributed by atoms with Crippen LogP contribution < -0.4 is 20.1 Å². The first-order chi connectivity index (χ1) is 14.3. The quantitative estimate of drug-likeness (QED) is 0.396. The molecule has 1 aromatic rings. The largest absolute Gasteiger partial charge is 0.490 e. The zero-order valence-corrected chi connectivity index (χ0v) is 18.0. The van der Waals surface area contributed by atoms with Crippen molar-refractivity contribution >= 4 is 17.6 Å². The van der Waals surface area contributed by atoms with Gasteiger partial charge in [-0.2, -0.15) is 0 Å². The van der Waals surface area contributed by atoms with Gasteiger partial charge in [-0.25, -0.2) is 0 Å². The van der Waals surface area contributed by atoms with Crippen molar-refractivity contribution in [3.63, 3.8) is 0 Å². The Labute approximate surface area is 177 Å². The van der Waals surface area contributed by atoms with Crippen LogP contribution >= 0.6 is 0 Å². The monoisotopic (exact) mass is 415 g/mol. The van der Waals surface area contributed by atoms with Crippen LogP contribution in [0.5, 0.6) is 11.5 Å². The molecule has 2 amide bonds. The maximum absolute atomic E-state index is 12.8. The first-order valence-electron chi connectivity index (χ1n) is 10.1. The zero-order chi connectivity index (χ0) is 22.1. The number of carbonyl (C=O) groups excluding carboxylic acids is 2. The minimum atomic E-state index is -0.698. The Morgan fingerprint density at radius 1 is 1.33 bits per heavy atom. The number of quaternary nitrogens is 1. The third-order valence-corrected chi connectivity index (χ3v) is 4.37. The molecule has 0 radical (unpaired) electrons. The highest BCUT2D eigenvalue weighted by Crippen LogP contribution is 2.30. The molecule has 162 valence electrons. The Hall–Kier alpha value is -3.13. The summed E-state index contributed by atoms with van der Waals surface area (Å²) in [5.74, 6) is 1.06. The van der Waals surface area contributed by atoms with Crippen molar-refractivity contribution in [3.8, 4) is 11.5 Å². The molecule has 8 nitrogen and oxygen atoms in total. The zero-order valence-electron chi connectivity index (χ0n) is 18.0. The highest BCUT2D eigenvalue weighted by molar-refractivity contribution is 6.05. The average molecular weight is 416 g/mol. The molecular weight excluding hydrogens is 384 g/mol. The summed E-state index contributed by atoms with van der Waals surface area (Å²) in [4.78, 5) is 27.0. The number of hydrogen-bond acceptors (Lipinski definition) is 5. The van der Waals surface area contributed by atoms with Gasteiger partial charge in [0.05, 0.1) is 26.4 Å². The van der Waals surface area contributed by atoms with Crippen molar-refractivity contribution in [2.75, 3.05) is 20.2 Å². The molecule has 0 aromatic heterocycles. The molecule has 2 rings (SSSR count). The van der Waals surface area contributed by atoms with E-state index in [0.717, 1.165) is 0 Å². The summed E-state index contributed by atoms with van der Waals surface area (Å²) in [6.07, 6.45) is 5.05. The minimum absolute atomic E-state index is 0.0198. The maximum atomic E-state index is 12.8. The first kappa shape index (κ1) is 23.2. The number of nitrogens with two attached hydrogens (primary N) is 1. The minimum Gasteiger partial charge on any atom is -0.490 e. The van der Waals surface area contributed by atoms with Gasteiger partial charge in [-0.15, -0.1) is 0 Å². The molecule has 8 heteroatoms. The second-order valence-corrected chi connectivity index (χ2v) is 7.30. The number of rotatable bonds is 10. The number of amidine groups is 1. The van der Waals surface area contributed by atoms with E-state index in [2.05, 4.69) is 5.32 Å². The summed E-state index contributed by atoms with van der Waals surface area (Å²) >= 11 is 0. The van der Waals surface area contributed by atoms with Crippen LogP contribution in [0.3, 0.4) is 0 Å². The van der Waals surface area contributed by atoms with Crippen LogP contribution in [0.25, 0.3) is 0 Å². The second kappa shape index (κ2) is 11.2. The third-order valence-electron chi connectivity index (χ3n) is 4.37. The lowest BCUT2D eigenvalue weighted by Gasteiger charge is -2.28. The van der Waals surface area contributed by atoms with Crippen LogP contribution in [0.15, 0.2) is 48.4 Å². The molecule has 0 saturated carbocycles. The first-order valence-corrected chi connectivity index (χ1v) is 10.1. The topological polar surface area (TPSA) is 108 Å². The number of amides is 2. The van der Waals surface area contributed by atoms with Crippen molar-refractivity contribution in [1.82, 2.24) is 10.2 Å². The Balaban J connectivity index is 2.13. The lowest BCUT2D eigenvalue weighted by Crippen LogP contribution is -2.72. The second-order valence-electron chi connectivity index (χ2n) is 7.30. The fraction of sp³-hybridized carbons (Fsp3) is 0.409. The van der Waals surface area contributed by atoms with E-state index in [1.807, 2.05) is 40.0 Å². The van der Waals surface area contributed by atoms with E-state index >= 15 is 0 Å². The van der Waals surface area contributed by atoms with Crippen LogP contribution in [0.1, 0.15) is 27.2 Å². The molecular formula is C22H31N4O4+. The summed E-state index contributed by atoms with van der Waals surface area (Å²) in [6, 6.07) is 6.55. The summed E-state index contributed by atoms with van der Waals surface area (Å²) < 4.78 is 11.5. The SMILES string of the molecule is CCOc1ccccc1OC1=CC(=O)N(C(CC(C)C)C(=O)NC(=N)C=C[NH2+]C)C1. The van der Waals surface area contributed by atoms with Crippen LogP contribution in [0.2, 0.25) is 0 Å². The van der Waals surface area contributed by atoms with E-state index < -0.39 is 6.04 Å². The Bertz CT molecular complexity index is 832. The van der Waals surface area contributed by atoms with Crippen LogP contribution in [-0.4, -0.2) is 48.8 Å². The molecule has 1 atom stereocenters. The van der Waals surface area contributed by atoms with Gasteiger partial charge < -0.3 is 25.0 Å². The van der Waals surface area contributed by atoms with Crippen LogP contribution in [-0.2, 0) is 9.59 Å². The maximum Gasteiger partial charge on any atom is 0.251 e. The van der Waals surface area contributed by atoms with Crippen molar-refractivity contribution in [3.05, 3.63) is 48.4 Å². The lowest BCUT2D eigenvalue weighted by atomic mass is 10.0. The Kier molecular flexibility index (Phi) is 8.61. The van der Waals surface area contributed by atoms with Crippen molar-refractivity contribution in [1.29, 1.82) is 5.41 Å². The third kappa shape index (κ3) is 6.45. The summed E-state index contributed by atoms with van der Waals surface area (Å²) in [7, 11) is 1.83. The van der Waals surface area contributed by atoms with E-state index in [1.165, 1.54) is 17.1 Å². The van der Waals surface area contributed by atoms with Crippen molar-refractivity contribution < 1.29 is 24.4 Å². The fourth-order valence-corrected chi connectivity index (χ4v) is 3.06. The molecule has 1 heterocycles. The van der Waals surface area contributed by atoms with E-state index in [9.17, 15) is 9.59 Å². The molecule has 0 fully saturated rings. The highest BCUT2D eigenvalue weighted by atomic mass is 16.5. The molecule has 4 N–H and O–H groups in total. The van der Waals surface area contributed by atoms with Gasteiger partial charge in [-0.3, -0.25) is 15.0 Å². The van der Waals surface area contributed by atoms with Crippen LogP contribution in [0, 0.1) is 11.3 Å². The highest BCUT2D eigenvalue weighted by Gasteiger charge is 2.35. The van der Waals surface area contributed by atoms with E-state index in [1.54, 1.807) is 23.6 Å². The molecule has 1 aliphatic rings. The number of nitrogens with zero attached hydrogens (tertiary/aromatic N) is 1. The molecule has 30 heavy (non-hydrogen) atoms. The smallest absolute Gasteiger partial charge is 0.251 e. The van der Waals surface area contributed by atoms with Gasteiger partial charge in [0.2, 0.25) is 5.91 Å². The molecule has 1 aromatic carbocycles. The number of hydrogen-bond donors (Lipinski definition) is 3. The van der Waals surface area contributed by atoms with Gasteiger partial charge >= 0.3 is 0 Å². The number of nitrogens with one attached hydrogen (secondary N) is 2. The average Bonchev–Trinajstić information content (AvgIpc) is 3.05. The Morgan fingerprint density at radius 3 is 2.67 bits per heavy atom. The number of carbonyl (C=O) groups is 2. The van der Waals surface area contributed by atoms with Gasteiger partial charge in [-0.05, 0) is 31.4 Å². The molecule has 0 saturated heterocycles. The summed E-state index contributed by atoms with van der Waals surface area (Å²) in [6.45, 7) is 6.53. The van der Waals surface area contributed by atoms with Gasteiger partial charge in [0, 0.05) is 12.2 Å². The van der Waals surface area contributed by atoms with E-state index in [4.69, 9.17) is 14.9 Å². The van der Waals surface area contributed by atoms with Gasteiger partial charge in [0.25, 0.3) is 5.91 Å². The van der Waals surface area contributed by atoms with E-state index in [0.29, 0.717) is 30.3 Å². The van der Waals surface area contributed by atoms with Crippen LogP contribution in [0.4, 0.5) is 0 Å². The molecule has 0 aliphatic carbocycles. The predicted octanol–water partition coefficient (Wildman–Crippen LogP) is 1.41. The fourth-order valence-electron chi connectivity index (χ4n) is 3.06. The normalized spacial score (nSPS) is 14.8. The van der Waals surface area contributed by atoms with Crippen molar-refractivity contribution in [2.45, 2.75) is 33.2 Å². The van der Waals surface area contributed by atoms with Crippen molar-refractivity contribution in [2.24, 2.45) is 5.92 Å². The number of benzene rings is 1. The van der Waals surface area contributed by atoms with Gasteiger partial charge in [-0.1, -0.05) is 26.0 Å². The number of para-hydroxylation sites is 2. The summed E-state index contributed by atoms with van der Waals surface area (Å²) in [5, 5.41) is 12.2. The molecule has 1 unspecified atom stereocenters. The number of ether oxygens (including phenoxy) is 2. The predicted molar refractivity (Wildman–Crippen MR) is 114 cm³/mol. The van der Waals surface area contributed by atoms with Gasteiger partial charge in [0.1, 0.15) is 17.6 Å². The molecule has 0 bridgehead atoms. The Morgan fingerprint density at radius 2 is 2.03 bits per heavy atom. The lowest BCUT2D eigenvalue weighted by molar-refractivity contribution is -0.556. The van der Waals surface area contributed by atoms with Gasteiger partial charge in [0.15, 0.2) is 11.5 Å². The van der Waals surface area contributed by atoms with E-state index in [-0.39, 0.29) is 30.1 Å². The summed E-state index contributed by atoms with van der Waals surface area (Å²) in [5.41, 5.74) is 0. The molecule has 1 aliphatic heterocycles.